The van der Waals surface area contributed by atoms with Crippen molar-refractivity contribution in [3.63, 3.8) is 0 Å². The first-order chi connectivity index (χ1) is 9.66. The summed E-state index contributed by atoms with van der Waals surface area (Å²) in [5.74, 6) is 2.19. The molecule has 2 aromatic rings. The number of hydrogen-bond acceptors (Lipinski definition) is 3. The molecule has 0 atom stereocenters. The van der Waals surface area contributed by atoms with Crippen LogP contribution in [-0.4, -0.2) is 18.1 Å². The zero-order valence-corrected chi connectivity index (χ0v) is 12.8. The molecule has 0 aliphatic rings. The standard InChI is InChI=1S/C16H21ClN2O/c1-12(2)10-18-9-5-8-16-19-11-15(20-16)13-6-3-4-7-14(13)17/h3-4,6-7,11-12,18H,5,8-10H2,1-2H3. The fraction of sp³-hybridized carbons (Fsp3) is 0.438. The Morgan fingerprint density at radius 2 is 2.10 bits per heavy atom. The Morgan fingerprint density at radius 1 is 1.30 bits per heavy atom. The Morgan fingerprint density at radius 3 is 2.85 bits per heavy atom. The quantitative estimate of drug-likeness (QED) is 0.778. The van der Waals surface area contributed by atoms with E-state index < -0.39 is 0 Å². The maximum absolute atomic E-state index is 6.15. The second-order valence-electron chi connectivity index (χ2n) is 5.30. The number of halogens is 1. The van der Waals surface area contributed by atoms with Crippen LogP contribution in [0.4, 0.5) is 0 Å². The minimum Gasteiger partial charge on any atom is -0.441 e. The molecule has 0 bridgehead atoms. The van der Waals surface area contributed by atoms with Gasteiger partial charge in [-0.15, -0.1) is 0 Å². The molecular formula is C16H21ClN2O. The lowest BCUT2D eigenvalue weighted by Crippen LogP contribution is -2.21. The van der Waals surface area contributed by atoms with Crippen molar-refractivity contribution >= 4 is 11.6 Å². The molecule has 0 amide bonds. The van der Waals surface area contributed by atoms with Gasteiger partial charge in [0.2, 0.25) is 0 Å². The maximum atomic E-state index is 6.15. The molecule has 108 valence electrons. The van der Waals surface area contributed by atoms with Crippen molar-refractivity contribution in [1.82, 2.24) is 10.3 Å². The van der Waals surface area contributed by atoms with Crippen molar-refractivity contribution < 1.29 is 4.42 Å². The molecule has 2 rings (SSSR count). The third-order valence-corrected chi connectivity index (χ3v) is 3.32. The first-order valence-corrected chi connectivity index (χ1v) is 7.45. The number of aromatic nitrogens is 1. The van der Waals surface area contributed by atoms with Gasteiger partial charge >= 0.3 is 0 Å². The maximum Gasteiger partial charge on any atom is 0.194 e. The van der Waals surface area contributed by atoms with E-state index in [-0.39, 0.29) is 0 Å². The van der Waals surface area contributed by atoms with Crippen LogP contribution in [0, 0.1) is 5.92 Å². The zero-order valence-electron chi connectivity index (χ0n) is 12.0. The number of rotatable bonds is 7. The lowest BCUT2D eigenvalue weighted by atomic mass is 10.2. The SMILES string of the molecule is CC(C)CNCCCc1ncc(-c2ccccc2Cl)o1. The van der Waals surface area contributed by atoms with E-state index in [4.69, 9.17) is 16.0 Å². The zero-order chi connectivity index (χ0) is 14.4. The molecule has 0 saturated carbocycles. The summed E-state index contributed by atoms with van der Waals surface area (Å²) in [7, 11) is 0. The van der Waals surface area contributed by atoms with Crippen LogP contribution in [0.15, 0.2) is 34.9 Å². The van der Waals surface area contributed by atoms with E-state index in [1.807, 2.05) is 24.3 Å². The van der Waals surface area contributed by atoms with Crippen LogP contribution >= 0.6 is 11.6 Å². The van der Waals surface area contributed by atoms with Gasteiger partial charge in [0.25, 0.3) is 0 Å². The van der Waals surface area contributed by atoms with Gasteiger partial charge < -0.3 is 9.73 Å². The van der Waals surface area contributed by atoms with Gasteiger partial charge in [-0.25, -0.2) is 4.98 Å². The monoisotopic (exact) mass is 292 g/mol. The number of benzene rings is 1. The molecule has 4 heteroatoms. The smallest absolute Gasteiger partial charge is 0.194 e. The molecule has 1 heterocycles. The van der Waals surface area contributed by atoms with Crippen molar-refractivity contribution in [2.75, 3.05) is 13.1 Å². The topological polar surface area (TPSA) is 38.1 Å². The predicted octanol–water partition coefficient (Wildman–Crippen LogP) is 4.17. The van der Waals surface area contributed by atoms with Crippen LogP contribution in [0.3, 0.4) is 0 Å². The first kappa shape index (κ1) is 15.1. The average Bonchev–Trinajstić information content (AvgIpc) is 2.87. The lowest BCUT2D eigenvalue weighted by molar-refractivity contribution is 0.483. The lowest BCUT2D eigenvalue weighted by Gasteiger charge is -2.05. The number of oxazole rings is 1. The van der Waals surface area contributed by atoms with Crippen LogP contribution < -0.4 is 5.32 Å². The van der Waals surface area contributed by atoms with Crippen LogP contribution in [0.5, 0.6) is 0 Å². The summed E-state index contributed by atoms with van der Waals surface area (Å²) in [5.41, 5.74) is 0.894. The molecule has 0 saturated heterocycles. The molecule has 1 aromatic carbocycles. The number of hydrogen-bond donors (Lipinski definition) is 1. The molecule has 0 aliphatic carbocycles. The normalized spacial score (nSPS) is 11.2. The molecule has 0 unspecified atom stereocenters. The molecule has 0 radical (unpaired) electrons. The highest BCUT2D eigenvalue weighted by atomic mass is 35.5. The fourth-order valence-corrected chi connectivity index (χ4v) is 2.20. The van der Waals surface area contributed by atoms with E-state index in [2.05, 4.69) is 24.1 Å². The molecule has 0 fully saturated rings. The Kier molecular flexibility index (Phi) is 5.62. The van der Waals surface area contributed by atoms with Gasteiger partial charge in [0.15, 0.2) is 11.7 Å². The van der Waals surface area contributed by atoms with Crippen LogP contribution in [0.1, 0.15) is 26.2 Å². The molecule has 1 N–H and O–H groups in total. The molecule has 3 nitrogen and oxygen atoms in total. The summed E-state index contributed by atoms with van der Waals surface area (Å²) in [6, 6.07) is 7.65. The fourth-order valence-electron chi connectivity index (χ4n) is 1.97. The number of aryl methyl sites for hydroxylation is 1. The highest BCUT2D eigenvalue weighted by Gasteiger charge is 2.09. The third kappa shape index (κ3) is 4.36. The van der Waals surface area contributed by atoms with Gasteiger partial charge in [0.1, 0.15) is 0 Å². The first-order valence-electron chi connectivity index (χ1n) is 7.07. The van der Waals surface area contributed by atoms with Crippen molar-refractivity contribution in [2.45, 2.75) is 26.7 Å². The molecule has 1 aromatic heterocycles. The highest BCUT2D eigenvalue weighted by Crippen LogP contribution is 2.28. The summed E-state index contributed by atoms with van der Waals surface area (Å²) < 4.78 is 5.75. The van der Waals surface area contributed by atoms with Gasteiger partial charge in [-0.1, -0.05) is 37.6 Å². The highest BCUT2D eigenvalue weighted by molar-refractivity contribution is 6.33. The third-order valence-electron chi connectivity index (χ3n) is 2.99. The summed E-state index contributed by atoms with van der Waals surface area (Å²) in [6.07, 6.45) is 3.61. The van der Waals surface area contributed by atoms with E-state index in [0.29, 0.717) is 10.9 Å². The molecule has 0 aliphatic heterocycles. The summed E-state index contributed by atoms with van der Waals surface area (Å²) in [6.45, 7) is 6.45. The second-order valence-corrected chi connectivity index (χ2v) is 5.71. The van der Waals surface area contributed by atoms with E-state index in [0.717, 1.165) is 43.1 Å². The molecule has 20 heavy (non-hydrogen) atoms. The van der Waals surface area contributed by atoms with E-state index in [9.17, 15) is 0 Å². The summed E-state index contributed by atoms with van der Waals surface area (Å²) in [4.78, 5) is 4.31. The van der Waals surface area contributed by atoms with E-state index >= 15 is 0 Å². The van der Waals surface area contributed by atoms with Crippen molar-refractivity contribution in [3.8, 4) is 11.3 Å². The largest absolute Gasteiger partial charge is 0.441 e. The summed E-state index contributed by atoms with van der Waals surface area (Å²) >= 11 is 6.15. The molecule has 0 spiro atoms. The van der Waals surface area contributed by atoms with Crippen molar-refractivity contribution in [1.29, 1.82) is 0 Å². The van der Waals surface area contributed by atoms with Gasteiger partial charge in [-0.05, 0) is 37.6 Å². The predicted molar refractivity (Wildman–Crippen MR) is 83.0 cm³/mol. The van der Waals surface area contributed by atoms with Gasteiger partial charge in [-0.2, -0.15) is 0 Å². The van der Waals surface area contributed by atoms with Crippen LogP contribution in [-0.2, 0) is 6.42 Å². The Balaban J connectivity index is 1.85. The van der Waals surface area contributed by atoms with Gasteiger partial charge in [0.05, 0.1) is 11.2 Å². The second kappa shape index (κ2) is 7.46. The Labute approximate surface area is 125 Å². The van der Waals surface area contributed by atoms with Crippen molar-refractivity contribution in [2.24, 2.45) is 5.92 Å². The Hall–Kier alpha value is -1.32. The van der Waals surface area contributed by atoms with Gasteiger partial charge in [0, 0.05) is 12.0 Å². The minimum atomic E-state index is 0.684. The van der Waals surface area contributed by atoms with Crippen LogP contribution in [0.25, 0.3) is 11.3 Å². The summed E-state index contributed by atoms with van der Waals surface area (Å²) in [5, 5.41) is 4.10. The van der Waals surface area contributed by atoms with Crippen molar-refractivity contribution in [3.05, 3.63) is 41.4 Å². The van der Waals surface area contributed by atoms with Crippen LogP contribution in [0.2, 0.25) is 5.02 Å². The minimum absolute atomic E-state index is 0.684. The Bertz CT molecular complexity index is 537. The average molecular weight is 293 g/mol. The van der Waals surface area contributed by atoms with E-state index in [1.54, 1.807) is 6.20 Å². The number of nitrogens with one attached hydrogen (secondary N) is 1. The van der Waals surface area contributed by atoms with E-state index in [1.165, 1.54) is 0 Å². The number of nitrogens with zero attached hydrogens (tertiary/aromatic N) is 1. The van der Waals surface area contributed by atoms with Gasteiger partial charge in [-0.3, -0.25) is 0 Å². The molecular weight excluding hydrogens is 272 g/mol.